The predicted molar refractivity (Wildman–Crippen MR) is 181 cm³/mol. The largest absolute Gasteiger partial charge is 0.497 e. The van der Waals surface area contributed by atoms with Crippen molar-refractivity contribution in [3.63, 3.8) is 0 Å². The third kappa shape index (κ3) is 17.0. The highest BCUT2D eigenvalue weighted by atomic mass is 127. The van der Waals surface area contributed by atoms with Gasteiger partial charge in [-0.1, -0.05) is 55.7 Å². The fraction of sp³-hybridized carbons (Fsp3) is 0.548. The topological polar surface area (TPSA) is 158 Å². The number of unbranched alkanes of at least 4 members (excludes halogenated alkanes) is 3. The summed E-state index contributed by atoms with van der Waals surface area (Å²) in [5, 5.41) is 0. The number of benzene rings is 2. The van der Waals surface area contributed by atoms with Crippen molar-refractivity contribution in [2.24, 2.45) is 0 Å². The number of alkyl halides is 1. The van der Waals surface area contributed by atoms with Crippen molar-refractivity contribution in [3.8, 4) is 11.5 Å². The lowest BCUT2D eigenvalue weighted by atomic mass is 10.1. The van der Waals surface area contributed by atoms with E-state index in [1.54, 1.807) is 59.4 Å². The molecule has 0 aliphatic rings. The highest BCUT2D eigenvalue weighted by Crippen LogP contribution is 2.28. The maximum Gasteiger partial charge on any atom is 0.373 e. The highest BCUT2D eigenvalue weighted by Gasteiger charge is 2.25. The van der Waals surface area contributed by atoms with Gasteiger partial charge in [0.25, 0.3) is 0 Å². The van der Waals surface area contributed by atoms with E-state index >= 15 is 0 Å². The molecule has 0 atom stereocenters. The molecule has 256 valence electrons. The van der Waals surface area contributed by atoms with Crippen molar-refractivity contribution >= 4 is 54.8 Å². The molecule has 45 heavy (non-hydrogen) atoms. The number of rotatable bonds is 12. The molecule has 0 radical (unpaired) electrons. The zero-order valence-corrected chi connectivity index (χ0v) is 31.8. The summed E-state index contributed by atoms with van der Waals surface area (Å²) in [6.07, 6.45) is 5.04. The Bertz CT molecular complexity index is 1370. The molecule has 0 aliphatic heterocycles. The second-order valence-electron chi connectivity index (χ2n) is 9.55. The van der Waals surface area contributed by atoms with E-state index in [2.05, 4.69) is 29.5 Å². The van der Waals surface area contributed by atoms with Crippen molar-refractivity contribution in [3.05, 3.63) is 46.5 Å². The minimum atomic E-state index is -3.42. The Morgan fingerprint density at radius 2 is 1.00 bits per heavy atom. The molecule has 0 saturated heterocycles. The molecule has 0 fully saturated rings. The number of carbonyl (C=O) groups excluding carboxylic acids is 4. The Morgan fingerprint density at radius 3 is 1.31 bits per heavy atom. The molecule has 11 nitrogen and oxygen atoms in total. The average molecular weight is 786 g/mol. The fourth-order valence-corrected chi connectivity index (χ4v) is 7.76. The van der Waals surface area contributed by atoms with Gasteiger partial charge in [0, 0.05) is 13.6 Å². The van der Waals surface area contributed by atoms with Crippen LogP contribution in [-0.4, -0.2) is 71.9 Å². The van der Waals surface area contributed by atoms with E-state index in [0.29, 0.717) is 27.8 Å². The van der Waals surface area contributed by atoms with E-state index in [9.17, 15) is 16.8 Å². The number of sulfonamides is 1. The molecule has 0 spiro atoms. The van der Waals surface area contributed by atoms with Gasteiger partial charge < -0.3 is 9.47 Å². The third-order valence-electron chi connectivity index (χ3n) is 6.16. The van der Waals surface area contributed by atoms with Gasteiger partial charge in [0.15, 0.2) is 9.84 Å². The fourth-order valence-electron chi connectivity index (χ4n) is 4.26. The van der Waals surface area contributed by atoms with Crippen LogP contribution in [0.1, 0.15) is 68.2 Å². The van der Waals surface area contributed by atoms with Crippen LogP contribution in [0.5, 0.6) is 11.5 Å². The lowest BCUT2D eigenvalue weighted by molar-refractivity contribution is -0.193. The Hall–Kier alpha value is -2.61. The lowest BCUT2D eigenvalue weighted by Gasteiger charge is -2.20. The average Bonchev–Trinajstić information content (AvgIpc) is 2.97. The van der Waals surface area contributed by atoms with Crippen molar-refractivity contribution in [2.45, 2.75) is 83.4 Å². The highest BCUT2D eigenvalue weighted by molar-refractivity contribution is 14.1. The molecule has 0 N–H and O–H groups in total. The van der Waals surface area contributed by atoms with Crippen LogP contribution in [0.15, 0.2) is 34.1 Å². The lowest BCUT2D eigenvalue weighted by Crippen LogP contribution is -2.29. The minimum absolute atomic E-state index is 0.231. The Morgan fingerprint density at radius 1 is 0.667 bits per heavy atom. The summed E-state index contributed by atoms with van der Waals surface area (Å²) in [4.78, 5) is 35.3. The van der Waals surface area contributed by atoms with E-state index in [4.69, 9.17) is 28.7 Å². The maximum atomic E-state index is 12.6. The molecule has 0 heterocycles. The Kier molecular flexibility index (Phi) is 26.6. The van der Waals surface area contributed by atoms with Gasteiger partial charge in [-0.3, -0.25) is 0 Å². The summed E-state index contributed by atoms with van der Waals surface area (Å²) in [7, 11) is -1.80. The molecule has 2 aromatic rings. The van der Waals surface area contributed by atoms with Gasteiger partial charge >= 0.3 is 12.3 Å². The summed E-state index contributed by atoms with van der Waals surface area (Å²) >= 11 is 2.15. The summed E-state index contributed by atoms with van der Waals surface area (Å²) in [6.45, 7) is 11.9. The van der Waals surface area contributed by atoms with Crippen LogP contribution in [0.3, 0.4) is 0 Å². The number of ether oxygens (including phenoxy) is 2. The number of halogens is 1. The van der Waals surface area contributed by atoms with Crippen LogP contribution in [0, 0.1) is 27.7 Å². The van der Waals surface area contributed by atoms with Crippen molar-refractivity contribution in [1.82, 2.24) is 4.31 Å². The van der Waals surface area contributed by atoms with Crippen molar-refractivity contribution in [2.75, 3.05) is 38.5 Å². The third-order valence-corrected chi connectivity index (χ3v) is 10.4. The normalized spacial score (nSPS) is 10.1. The molecule has 0 aromatic heterocycles. The Balaban J connectivity index is -0.000000637. The standard InChI is InChI=1S/C14H23NO3S.C14H22O3S.CH3I.2CO2/c1-6-7-8-15(4)19(16,17)14-11(2)9-13(18-5)10-12(14)3;1-5-6-7-8-18(15,16)14-11(2)9-13(17-4)10-12(14)3;1-2;2*2-1-3/h9-10H,6-8H2,1-5H3;9-10H,5-8H2,1-4H3;1H3;;. The van der Waals surface area contributed by atoms with Crippen LogP contribution in [0.2, 0.25) is 0 Å². The number of hydrogen-bond donors (Lipinski definition) is 0. The second kappa shape index (κ2) is 25.6. The van der Waals surface area contributed by atoms with Crippen LogP contribution >= 0.6 is 22.6 Å². The minimum Gasteiger partial charge on any atom is -0.497 e. The van der Waals surface area contributed by atoms with Gasteiger partial charge in [-0.05, 0) is 92.0 Å². The van der Waals surface area contributed by atoms with E-state index in [-0.39, 0.29) is 18.1 Å². The first-order valence-electron chi connectivity index (χ1n) is 14.0. The maximum absolute atomic E-state index is 12.6. The van der Waals surface area contributed by atoms with Gasteiger partial charge in [-0.2, -0.15) is 19.2 Å². The quantitative estimate of drug-likeness (QED) is 0.144. The molecule has 2 rings (SSSR count). The summed E-state index contributed by atoms with van der Waals surface area (Å²) in [5.41, 5.74) is 2.98. The van der Waals surface area contributed by atoms with E-state index in [0.717, 1.165) is 54.4 Å². The summed E-state index contributed by atoms with van der Waals surface area (Å²) < 4.78 is 61.5. The van der Waals surface area contributed by atoms with Crippen LogP contribution in [-0.2, 0) is 39.0 Å². The number of aryl methyl sites for hydroxylation is 4. The molecule has 0 amide bonds. The smallest absolute Gasteiger partial charge is 0.373 e. The second-order valence-corrected chi connectivity index (χ2v) is 13.6. The van der Waals surface area contributed by atoms with Gasteiger partial charge in [0.05, 0.1) is 29.8 Å². The van der Waals surface area contributed by atoms with Crippen LogP contribution in [0.4, 0.5) is 0 Å². The van der Waals surface area contributed by atoms with Crippen molar-refractivity contribution in [1.29, 1.82) is 0 Å². The molecular formula is C31H48INO10S2. The van der Waals surface area contributed by atoms with Gasteiger partial charge in [0.1, 0.15) is 11.5 Å². The molecule has 0 saturated carbocycles. The molecular weight excluding hydrogens is 737 g/mol. The molecule has 0 bridgehead atoms. The Labute approximate surface area is 283 Å². The molecule has 0 unspecified atom stereocenters. The van der Waals surface area contributed by atoms with E-state index < -0.39 is 19.9 Å². The summed E-state index contributed by atoms with van der Waals surface area (Å²) in [6, 6.07) is 7.07. The van der Waals surface area contributed by atoms with Crippen molar-refractivity contribution < 1.29 is 45.5 Å². The monoisotopic (exact) mass is 785 g/mol. The number of sulfone groups is 1. The van der Waals surface area contributed by atoms with E-state index in [1.807, 2.05) is 25.7 Å². The van der Waals surface area contributed by atoms with Gasteiger partial charge in [-0.15, -0.1) is 0 Å². The number of methoxy groups -OCH3 is 2. The zero-order chi connectivity index (χ0) is 35.8. The van der Waals surface area contributed by atoms with E-state index in [1.165, 1.54) is 4.31 Å². The number of nitrogens with zero attached hydrogens (tertiary/aromatic N) is 1. The first-order chi connectivity index (χ1) is 21.1. The van der Waals surface area contributed by atoms with Crippen LogP contribution < -0.4 is 9.47 Å². The first kappa shape index (κ1) is 46.8. The zero-order valence-electron chi connectivity index (χ0n) is 28.0. The van der Waals surface area contributed by atoms with Gasteiger partial charge in [-0.25, -0.2) is 21.1 Å². The molecule has 0 aliphatic carbocycles. The SMILES string of the molecule is CCCCCS(=O)(=O)c1c(C)cc(OC)cc1C.CCCCN(C)S(=O)(=O)c1c(C)cc(OC)cc1C.CI.O=C=O.O=C=O. The molecule has 2 aromatic carbocycles. The van der Waals surface area contributed by atoms with Gasteiger partial charge in [0.2, 0.25) is 10.0 Å². The predicted octanol–water partition coefficient (Wildman–Crippen LogP) is 5.89. The van der Waals surface area contributed by atoms with Crippen LogP contribution in [0.25, 0.3) is 0 Å². The number of hydrogen-bond acceptors (Lipinski definition) is 10. The summed E-state index contributed by atoms with van der Waals surface area (Å²) in [5.74, 6) is 1.62. The molecule has 14 heteroatoms. The first-order valence-corrected chi connectivity index (χ1v) is 19.2.